The van der Waals surface area contributed by atoms with Gasteiger partial charge in [0.2, 0.25) is 0 Å². The minimum Gasteiger partial charge on any atom is -0.379 e. The fourth-order valence-electron chi connectivity index (χ4n) is 2.86. The van der Waals surface area contributed by atoms with E-state index in [1.54, 1.807) is 11.8 Å². The molecule has 2 aromatic rings. The van der Waals surface area contributed by atoms with E-state index in [2.05, 4.69) is 63.7 Å². The number of hydrogen-bond acceptors (Lipinski definition) is 4. The van der Waals surface area contributed by atoms with E-state index < -0.39 is 0 Å². The van der Waals surface area contributed by atoms with Crippen molar-refractivity contribution in [3.8, 4) is 0 Å². The lowest BCUT2D eigenvalue weighted by molar-refractivity contribution is 0.0376. The summed E-state index contributed by atoms with van der Waals surface area (Å²) in [5.41, 5.74) is 7.13. The standard InChI is InChI=1S/C21H28N4OS/c22-21(23-11-4-12-25-13-15-26-16-14-25)24-17-18-7-9-20(10-8-18)27-19-5-2-1-3-6-19/h1-3,5-10H,4,11-17H2,(H3,22,23,24). The zero-order valence-corrected chi connectivity index (χ0v) is 16.5. The third-order valence-electron chi connectivity index (χ3n) is 4.40. The first-order valence-electron chi connectivity index (χ1n) is 9.45. The fourth-order valence-corrected chi connectivity index (χ4v) is 3.70. The van der Waals surface area contributed by atoms with Crippen molar-refractivity contribution in [2.45, 2.75) is 22.8 Å². The molecule has 0 amide bonds. The predicted octanol–water partition coefficient (Wildman–Crippen LogP) is 2.96. The number of nitrogens with two attached hydrogens (primary N) is 1. The number of hydrogen-bond donors (Lipinski definition) is 2. The van der Waals surface area contributed by atoms with Crippen molar-refractivity contribution in [2.24, 2.45) is 10.7 Å². The third kappa shape index (κ3) is 7.25. The average molecular weight is 385 g/mol. The lowest BCUT2D eigenvalue weighted by Crippen LogP contribution is -2.39. The zero-order valence-electron chi connectivity index (χ0n) is 15.6. The minimum atomic E-state index is 0.514. The molecule has 6 heteroatoms. The molecule has 0 aliphatic carbocycles. The normalized spacial score (nSPS) is 15.6. The van der Waals surface area contributed by atoms with Gasteiger partial charge in [0.1, 0.15) is 0 Å². The molecule has 1 fully saturated rings. The van der Waals surface area contributed by atoms with Crippen molar-refractivity contribution in [1.29, 1.82) is 0 Å². The molecule has 0 atom stereocenters. The highest BCUT2D eigenvalue weighted by Crippen LogP contribution is 2.27. The molecule has 1 aliphatic rings. The Morgan fingerprint density at radius 3 is 2.48 bits per heavy atom. The second kappa shape index (κ2) is 11.0. The molecule has 0 radical (unpaired) electrons. The number of aliphatic imine (C=N–C) groups is 1. The summed E-state index contributed by atoms with van der Waals surface area (Å²) in [7, 11) is 0. The summed E-state index contributed by atoms with van der Waals surface area (Å²) in [4.78, 5) is 9.33. The van der Waals surface area contributed by atoms with E-state index in [-0.39, 0.29) is 0 Å². The highest BCUT2D eigenvalue weighted by atomic mass is 32.2. The number of morpholine rings is 1. The van der Waals surface area contributed by atoms with Crippen molar-refractivity contribution in [1.82, 2.24) is 10.2 Å². The fraction of sp³-hybridized carbons (Fsp3) is 0.381. The van der Waals surface area contributed by atoms with Gasteiger partial charge in [-0.25, -0.2) is 4.99 Å². The third-order valence-corrected chi connectivity index (χ3v) is 5.41. The Kier molecular flexibility index (Phi) is 8.02. The molecule has 0 aromatic heterocycles. The summed E-state index contributed by atoms with van der Waals surface area (Å²) >= 11 is 1.76. The summed E-state index contributed by atoms with van der Waals surface area (Å²) in [6, 6.07) is 18.9. The van der Waals surface area contributed by atoms with Gasteiger partial charge in [-0.2, -0.15) is 0 Å². The van der Waals surface area contributed by atoms with Crippen LogP contribution in [0.2, 0.25) is 0 Å². The summed E-state index contributed by atoms with van der Waals surface area (Å²) in [5.74, 6) is 0.514. The maximum Gasteiger partial charge on any atom is 0.188 e. The molecule has 3 N–H and O–H groups in total. The number of nitrogens with zero attached hydrogens (tertiary/aromatic N) is 2. The monoisotopic (exact) mass is 384 g/mol. The first kappa shape index (κ1) is 19.7. The first-order valence-corrected chi connectivity index (χ1v) is 10.3. The quantitative estimate of drug-likeness (QED) is 0.416. The summed E-state index contributed by atoms with van der Waals surface area (Å²) in [6.07, 6.45) is 1.06. The molecular formula is C21H28N4OS. The Morgan fingerprint density at radius 1 is 1.04 bits per heavy atom. The molecule has 3 rings (SSSR count). The van der Waals surface area contributed by atoms with Crippen LogP contribution in [0.3, 0.4) is 0 Å². The molecular weight excluding hydrogens is 356 g/mol. The molecule has 0 saturated carbocycles. The van der Waals surface area contributed by atoms with Crippen molar-refractivity contribution in [3.63, 3.8) is 0 Å². The molecule has 0 bridgehead atoms. The van der Waals surface area contributed by atoms with Crippen LogP contribution < -0.4 is 11.1 Å². The topological polar surface area (TPSA) is 62.9 Å². The number of nitrogens with one attached hydrogen (secondary N) is 1. The van der Waals surface area contributed by atoms with E-state index in [1.165, 1.54) is 9.79 Å². The lowest BCUT2D eigenvalue weighted by atomic mass is 10.2. The Bertz CT molecular complexity index is 700. The van der Waals surface area contributed by atoms with E-state index in [9.17, 15) is 0 Å². The number of rotatable bonds is 8. The summed E-state index contributed by atoms with van der Waals surface area (Å²) in [6.45, 7) is 6.27. The van der Waals surface area contributed by atoms with Gasteiger partial charge in [-0.3, -0.25) is 4.90 Å². The van der Waals surface area contributed by atoms with E-state index in [0.717, 1.165) is 51.4 Å². The van der Waals surface area contributed by atoms with Gasteiger partial charge in [0.25, 0.3) is 0 Å². The first-order chi connectivity index (χ1) is 13.3. The van der Waals surface area contributed by atoms with Gasteiger partial charge < -0.3 is 15.8 Å². The number of ether oxygens (including phenoxy) is 1. The van der Waals surface area contributed by atoms with Gasteiger partial charge in [-0.1, -0.05) is 42.1 Å². The summed E-state index contributed by atoms with van der Waals surface area (Å²) in [5, 5.41) is 3.20. The molecule has 144 valence electrons. The maximum atomic E-state index is 5.97. The molecule has 2 aromatic carbocycles. The smallest absolute Gasteiger partial charge is 0.188 e. The average Bonchev–Trinajstić information content (AvgIpc) is 2.72. The van der Waals surface area contributed by atoms with Crippen molar-refractivity contribution >= 4 is 17.7 Å². The SMILES string of the molecule is NC(=NCc1ccc(Sc2ccccc2)cc1)NCCCN1CCOCC1. The van der Waals surface area contributed by atoms with E-state index >= 15 is 0 Å². The number of benzene rings is 2. The van der Waals surface area contributed by atoms with Gasteiger partial charge in [-0.05, 0) is 42.8 Å². The Morgan fingerprint density at radius 2 is 1.74 bits per heavy atom. The van der Waals surface area contributed by atoms with Gasteiger partial charge in [-0.15, -0.1) is 0 Å². The van der Waals surface area contributed by atoms with Crippen LogP contribution in [0.4, 0.5) is 0 Å². The van der Waals surface area contributed by atoms with E-state index in [0.29, 0.717) is 12.5 Å². The van der Waals surface area contributed by atoms with Crippen LogP contribution in [0, 0.1) is 0 Å². The van der Waals surface area contributed by atoms with Crippen LogP contribution in [0.1, 0.15) is 12.0 Å². The van der Waals surface area contributed by atoms with Crippen molar-refractivity contribution < 1.29 is 4.74 Å². The zero-order chi connectivity index (χ0) is 18.7. The Hall–Kier alpha value is -2.02. The Balaban J connectivity index is 1.36. The van der Waals surface area contributed by atoms with Gasteiger partial charge in [0, 0.05) is 29.4 Å². The molecule has 1 aliphatic heterocycles. The van der Waals surface area contributed by atoms with Gasteiger partial charge >= 0.3 is 0 Å². The van der Waals surface area contributed by atoms with Crippen molar-refractivity contribution in [2.75, 3.05) is 39.4 Å². The van der Waals surface area contributed by atoms with E-state index in [4.69, 9.17) is 10.5 Å². The molecule has 1 saturated heterocycles. The maximum absolute atomic E-state index is 5.97. The van der Waals surface area contributed by atoms with Crippen LogP contribution in [0.15, 0.2) is 69.4 Å². The van der Waals surface area contributed by atoms with Gasteiger partial charge in [0.15, 0.2) is 5.96 Å². The highest BCUT2D eigenvalue weighted by molar-refractivity contribution is 7.99. The van der Waals surface area contributed by atoms with E-state index in [1.807, 2.05) is 6.07 Å². The Labute approximate surface area is 166 Å². The highest BCUT2D eigenvalue weighted by Gasteiger charge is 2.08. The van der Waals surface area contributed by atoms with Crippen LogP contribution in [0.5, 0.6) is 0 Å². The molecule has 27 heavy (non-hydrogen) atoms. The van der Waals surface area contributed by atoms with Crippen LogP contribution in [0.25, 0.3) is 0 Å². The molecule has 5 nitrogen and oxygen atoms in total. The molecule has 0 unspecified atom stereocenters. The minimum absolute atomic E-state index is 0.514. The van der Waals surface area contributed by atoms with Crippen LogP contribution in [-0.4, -0.2) is 50.3 Å². The second-order valence-corrected chi connectivity index (χ2v) is 7.64. The van der Waals surface area contributed by atoms with Crippen LogP contribution >= 0.6 is 11.8 Å². The predicted molar refractivity (Wildman–Crippen MR) is 112 cm³/mol. The van der Waals surface area contributed by atoms with Gasteiger partial charge in [0.05, 0.1) is 19.8 Å². The summed E-state index contributed by atoms with van der Waals surface area (Å²) < 4.78 is 5.36. The molecule has 1 heterocycles. The largest absolute Gasteiger partial charge is 0.379 e. The lowest BCUT2D eigenvalue weighted by Gasteiger charge is -2.26. The number of guanidine groups is 1. The second-order valence-electron chi connectivity index (χ2n) is 6.49. The van der Waals surface area contributed by atoms with Crippen molar-refractivity contribution in [3.05, 3.63) is 60.2 Å². The molecule has 0 spiro atoms. The van der Waals surface area contributed by atoms with Crippen LogP contribution in [-0.2, 0) is 11.3 Å².